The predicted molar refractivity (Wildman–Crippen MR) is 129 cm³/mol. The predicted octanol–water partition coefficient (Wildman–Crippen LogP) is 3.46. The van der Waals surface area contributed by atoms with Crippen LogP contribution in [0.3, 0.4) is 0 Å². The zero-order valence-corrected chi connectivity index (χ0v) is 20.9. The van der Waals surface area contributed by atoms with Crippen molar-refractivity contribution in [2.45, 2.75) is 70.6 Å². The van der Waals surface area contributed by atoms with Gasteiger partial charge in [-0.1, -0.05) is 0 Å². The summed E-state index contributed by atoms with van der Waals surface area (Å²) in [5.41, 5.74) is -0.474. The van der Waals surface area contributed by atoms with Crippen LogP contribution in [-0.2, 0) is 15.9 Å². The maximum atomic E-state index is 12.0. The van der Waals surface area contributed by atoms with Gasteiger partial charge < -0.3 is 29.8 Å². The lowest BCUT2D eigenvalue weighted by Crippen LogP contribution is -2.48. The van der Waals surface area contributed by atoms with Crippen LogP contribution in [0.2, 0.25) is 0 Å². The van der Waals surface area contributed by atoms with E-state index in [4.69, 9.17) is 13.9 Å². The molecule has 0 bridgehead atoms. The van der Waals surface area contributed by atoms with Crippen LogP contribution in [0.1, 0.15) is 52.2 Å². The number of carbonyl (C=O) groups is 1. The van der Waals surface area contributed by atoms with Crippen molar-refractivity contribution in [1.29, 1.82) is 0 Å². The molecular weight excluding hydrogens is 499 g/mol. The van der Waals surface area contributed by atoms with Crippen molar-refractivity contribution < 1.29 is 18.7 Å². The molecular formula is C21H37IN4O4. The molecule has 1 saturated carbocycles. The van der Waals surface area contributed by atoms with E-state index < -0.39 is 5.60 Å². The van der Waals surface area contributed by atoms with Crippen LogP contribution >= 0.6 is 24.0 Å². The third kappa shape index (κ3) is 11.1. The normalized spacial score (nSPS) is 19.5. The molecule has 30 heavy (non-hydrogen) atoms. The van der Waals surface area contributed by atoms with E-state index >= 15 is 0 Å². The van der Waals surface area contributed by atoms with Crippen LogP contribution in [0.5, 0.6) is 0 Å². The summed E-state index contributed by atoms with van der Waals surface area (Å²) in [7, 11) is 1.67. The Bertz CT molecular complexity index is 623. The summed E-state index contributed by atoms with van der Waals surface area (Å²) in [6.45, 7) is 7.53. The van der Waals surface area contributed by atoms with Crippen molar-refractivity contribution in [2.24, 2.45) is 4.99 Å². The first-order valence-corrected chi connectivity index (χ1v) is 10.4. The van der Waals surface area contributed by atoms with Gasteiger partial charge in [0.05, 0.1) is 19.4 Å². The first kappa shape index (κ1) is 26.5. The van der Waals surface area contributed by atoms with Crippen molar-refractivity contribution in [3.05, 3.63) is 24.2 Å². The van der Waals surface area contributed by atoms with Crippen LogP contribution < -0.4 is 16.0 Å². The Morgan fingerprint density at radius 3 is 2.43 bits per heavy atom. The number of alkyl carbamates (subject to hydrolysis) is 1. The minimum Gasteiger partial charge on any atom is -0.469 e. The van der Waals surface area contributed by atoms with E-state index in [2.05, 4.69) is 20.9 Å². The minimum atomic E-state index is -0.474. The Hall–Kier alpha value is -1.49. The van der Waals surface area contributed by atoms with Crippen LogP contribution in [-0.4, -0.2) is 56.5 Å². The molecule has 0 unspecified atom stereocenters. The average molecular weight is 536 g/mol. The third-order valence-electron chi connectivity index (χ3n) is 4.60. The van der Waals surface area contributed by atoms with Gasteiger partial charge >= 0.3 is 6.09 Å². The number of rotatable bonds is 8. The van der Waals surface area contributed by atoms with E-state index in [0.29, 0.717) is 19.2 Å². The molecule has 0 atom stereocenters. The maximum Gasteiger partial charge on any atom is 0.407 e. The van der Waals surface area contributed by atoms with Gasteiger partial charge in [0.15, 0.2) is 5.96 Å². The topological polar surface area (TPSA) is 97.1 Å². The number of methoxy groups -OCH3 is 1. The SMILES string of the molecule is COCCN=C(NCCc1ccco1)NC1CCC(NC(=O)OC(C)(C)C)CC1.I. The molecule has 0 radical (unpaired) electrons. The molecule has 0 aromatic carbocycles. The van der Waals surface area contributed by atoms with Gasteiger partial charge in [-0.3, -0.25) is 4.99 Å². The molecule has 1 fully saturated rings. The van der Waals surface area contributed by atoms with Gasteiger partial charge in [0.1, 0.15) is 11.4 Å². The molecule has 9 heteroatoms. The van der Waals surface area contributed by atoms with Crippen LogP contribution in [0.25, 0.3) is 0 Å². The van der Waals surface area contributed by atoms with Crippen molar-refractivity contribution in [3.63, 3.8) is 0 Å². The van der Waals surface area contributed by atoms with E-state index in [9.17, 15) is 4.79 Å². The van der Waals surface area contributed by atoms with Crippen LogP contribution in [0, 0.1) is 0 Å². The zero-order chi connectivity index (χ0) is 21.1. The van der Waals surface area contributed by atoms with Gasteiger partial charge in [-0.25, -0.2) is 4.79 Å². The highest BCUT2D eigenvalue weighted by Gasteiger charge is 2.25. The van der Waals surface area contributed by atoms with Crippen molar-refractivity contribution in [1.82, 2.24) is 16.0 Å². The quantitative estimate of drug-likeness (QED) is 0.204. The zero-order valence-electron chi connectivity index (χ0n) is 18.5. The van der Waals surface area contributed by atoms with E-state index in [-0.39, 0.29) is 36.1 Å². The van der Waals surface area contributed by atoms with E-state index in [1.165, 1.54) is 0 Å². The van der Waals surface area contributed by atoms with Gasteiger partial charge in [0.25, 0.3) is 0 Å². The lowest BCUT2D eigenvalue weighted by atomic mass is 9.91. The highest BCUT2D eigenvalue weighted by atomic mass is 127. The summed E-state index contributed by atoms with van der Waals surface area (Å²) in [4.78, 5) is 16.5. The van der Waals surface area contributed by atoms with Gasteiger partial charge in [-0.05, 0) is 58.6 Å². The van der Waals surface area contributed by atoms with Gasteiger partial charge in [-0.15, -0.1) is 24.0 Å². The number of hydrogen-bond acceptors (Lipinski definition) is 5. The molecule has 1 amide bonds. The highest BCUT2D eigenvalue weighted by molar-refractivity contribution is 14.0. The molecule has 172 valence electrons. The molecule has 1 aromatic heterocycles. The standard InChI is InChI=1S/C21H36N4O4.HI/c1-21(2,3)29-20(26)25-17-9-7-16(8-10-17)24-19(23-13-15-27-4)22-12-11-18-6-5-14-28-18;/h5-6,14,16-17H,7-13,15H2,1-4H3,(H,25,26)(H2,22,23,24);1H. The monoisotopic (exact) mass is 536 g/mol. The second kappa shape index (κ2) is 13.7. The number of ether oxygens (including phenoxy) is 2. The first-order valence-electron chi connectivity index (χ1n) is 10.4. The van der Waals surface area contributed by atoms with Crippen molar-refractivity contribution in [2.75, 3.05) is 26.8 Å². The smallest absolute Gasteiger partial charge is 0.407 e. The Kier molecular flexibility index (Phi) is 12.2. The summed E-state index contributed by atoms with van der Waals surface area (Å²) < 4.78 is 15.8. The fourth-order valence-corrected chi connectivity index (χ4v) is 3.21. The van der Waals surface area contributed by atoms with Gasteiger partial charge in [0, 0.05) is 32.2 Å². The van der Waals surface area contributed by atoms with E-state index in [1.54, 1.807) is 13.4 Å². The fraction of sp³-hybridized carbons (Fsp3) is 0.714. The number of hydrogen-bond donors (Lipinski definition) is 3. The second-order valence-electron chi connectivity index (χ2n) is 8.32. The van der Waals surface area contributed by atoms with Gasteiger partial charge in [-0.2, -0.15) is 0 Å². The lowest BCUT2D eigenvalue weighted by Gasteiger charge is -2.31. The molecule has 8 nitrogen and oxygen atoms in total. The molecule has 2 rings (SSSR count). The molecule has 0 aliphatic heterocycles. The Balaban J connectivity index is 0.00000450. The Morgan fingerprint density at radius 1 is 1.20 bits per heavy atom. The number of nitrogens with zero attached hydrogens (tertiary/aromatic N) is 1. The van der Waals surface area contributed by atoms with Gasteiger partial charge in [0.2, 0.25) is 0 Å². The molecule has 1 heterocycles. The minimum absolute atomic E-state index is 0. The number of carbonyl (C=O) groups excluding carboxylic acids is 1. The largest absolute Gasteiger partial charge is 0.469 e. The highest BCUT2D eigenvalue weighted by Crippen LogP contribution is 2.19. The molecule has 1 aliphatic rings. The summed E-state index contributed by atoms with van der Waals surface area (Å²) in [6, 6.07) is 4.34. The number of furan rings is 1. The second-order valence-corrected chi connectivity index (χ2v) is 8.32. The third-order valence-corrected chi connectivity index (χ3v) is 4.60. The number of amides is 1. The summed E-state index contributed by atoms with van der Waals surface area (Å²) in [5.74, 6) is 1.74. The van der Waals surface area contributed by atoms with Crippen LogP contribution in [0.15, 0.2) is 27.8 Å². The summed E-state index contributed by atoms with van der Waals surface area (Å²) in [6.07, 6.45) is 5.89. The van der Waals surface area contributed by atoms with E-state index in [0.717, 1.165) is 50.4 Å². The fourth-order valence-electron chi connectivity index (χ4n) is 3.21. The number of guanidine groups is 1. The number of aliphatic imine (C=N–C) groups is 1. The Labute approximate surface area is 197 Å². The average Bonchev–Trinajstić information content (AvgIpc) is 3.15. The maximum absolute atomic E-state index is 12.0. The molecule has 1 aliphatic carbocycles. The molecule has 0 saturated heterocycles. The summed E-state index contributed by atoms with van der Waals surface area (Å²) in [5, 5.41) is 9.86. The molecule has 1 aromatic rings. The van der Waals surface area contributed by atoms with Crippen molar-refractivity contribution >= 4 is 36.0 Å². The molecule has 3 N–H and O–H groups in total. The number of halogens is 1. The van der Waals surface area contributed by atoms with Crippen molar-refractivity contribution in [3.8, 4) is 0 Å². The lowest BCUT2D eigenvalue weighted by molar-refractivity contribution is 0.0490. The van der Waals surface area contributed by atoms with Crippen LogP contribution in [0.4, 0.5) is 4.79 Å². The number of nitrogens with one attached hydrogen (secondary N) is 3. The molecule has 0 spiro atoms. The Morgan fingerprint density at radius 2 is 1.87 bits per heavy atom. The van der Waals surface area contributed by atoms with E-state index in [1.807, 2.05) is 32.9 Å². The first-order chi connectivity index (χ1) is 13.9. The summed E-state index contributed by atoms with van der Waals surface area (Å²) >= 11 is 0.